The van der Waals surface area contributed by atoms with Crippen LogP contribution >= 0.6 is 11.3 Å². The summed E-state index contributed by atoms with van der Waals surface area (Å²) in [5.74, 6) is -0.0819. The van der Waals surface area contributed by atoms with Crippen LogP contribution in [-0.4, -0.2) is 31.9 Å². The molecule has 2 aromatic carbocycles. The van der Waals surface area contributed by atoms with Crippen LogP contribution in [0.25, 0.3) is 6.08 Å². The van der Waals surface area contributed by atoms with Gasteiger partial charge in [0.15, 0.2) is 16.3 Å². The minimum atomic E-state index is -0.809. The number of halogens is 1. The summed E-state index contributed by atoms with van der Waals surface area (Å²) in [5.41, 5.74) is 1.17. The number of carbonyl (C=O) groups is 1. The van der Waals surface area contributed by atoms with Crippen LogP contribution in [0.3, 0.4) is 0 Å². The number of aromatic nitrogens is 1. The van der Waals surface area contributed by atoms with Crippen molar-refractivity contribution in [3.63, 3.8) is 0 Å². The maximum atomic E-state index is 14.2. The summed E-state index contributed by atoms with van der Waals surface area (Å²) in [6, 6.07) is 10.5. The van der Waals surface area contributed by atoms with E-state index in [0.29, 0.717) is 32.1 Å². The molecule has 9 heteroatoms. The minimum absolute atomic E-state index is 0.231. The van der Waals surface area contributed by atoms with Crippen molar-refractivity contribution in [3.05, 3.63) is 90.4 Å². The monoisotopic (exact) mass is 468 g/mol. The molecule has 0 radical (unpaired) electrons. The van der Waals surface area contributed by atoms with Gasteiger partial charge in [-0.2, -0.15) is 0 Å². The predicted molar refractivity (Wildman–Crippen MR) is 122 cm³/mol. The Labute approximate surface area is 192 Å². The third-order valence-electron chi connectivity index (χ3n) is 5.34. The summed E-state index contributed by atoms with van der Waals surface area (Å²) in [6.45, 7) is 1.69. The van der Waals surface area contributed by atoms with Gasteiger partial charge in [0, 0.05) is 5.56 Å². The lowest BCUT2D eigenvalue weighted by molar-refractivity contribution is -0.136. The first-order chi connectivity index (χ1) is 15.9. The number of thiazole rings is 1. The Hall–Kier alpha value is -3.72. The molecular formula is C24H21FN2O5S. The van der Waals surface area contributed by atoms with Gasteiger partial charge in [0.2, 0.25) is 0 Å². The van der Waals surface area contributed by atoms with Gasteiger partial charge < -0.3 is 14.2 Å². The summed E-state index contributed by atoms with van der Waals surface area (Å²) in [6.07, 6.45) is 1.49. The van der Waals surface area contributed by atoms with E-state index in [4.69, 9.17) is 14.2 Å². The Balaban J connectivity index is 2.00. The lowest BCUT2D eigenvalue weighted by Gasteiger charge is -2.25. The van der Waals surface area contributed by atoms with E-state index in [1.54, 1.807) is 43.3 Å². The topological polar surface area (TPSA) is 79.1 Å². The number of benzene rings is 2. The fourth-order valence-corrected chi connectivity index (χ4v) is 4.80. The molecule has 1 aromatic heterocycles. The maximum Gasteiger partial charge on any atom is 0.338 e. The van der Waals surface area contributed by atoms with Crippen LogP contribution in [0.1, 0.15) is 24.1 Å². The molecule has 4 rings (SSSR count). The molecule has 1 aliphatic heterocycles. The molecule has 0 fully saturated rings. The average Bonchev–Trinajstić information content (AvgIpc) is 3.13. The van der Waals surface area contributed by atoms with E-state index < -0.39 is 23.4 Å². The summed E-state index contributed by atoms with van der Waals surface area (Å²) in [4.78, 5) is 31.1. The van der Waals surface area contributed by atoms with Gasteiger partial charge >= 0.3 is 5.97 Å². The number of methoxy groups -OCH3 is 3. The highest BCUT2D eigenvalue weighted by molar-refractivity contribution is 7.07. The number of esters is 1. The number of nitrogens with zero attached hydrogens (tertiary/aromatic N) is 2. The summed E-state index contributed by atoms with van der Waals surface area (Å²) >= 11 is 1.13. The van der Waals surface area contributed by atoms with E-state index in [-0.39, 0.29) is 11.1 Å². The van der Waals surface area contributed by atoms with Gasteiger partial charge in [0.05, 0.1) is 43.2 Å². The van der Waals surface area contributed by atoms with E-state index in [2.05, 4.69) is 4.99 Å². The van der Waals surface area contributed by atoms with Crippen molar-refractivity contribution >= 4 is 23.4 Å². The standard InChI is InChI=1S/C24H21FN2O5S/c1-13-20(23(29)32-4)21(15-9-10-17(30-2)18(11-15)31-3)27-22(28)19(33-24(27)26-13)12-14-7-5-6-8-16(14)25/h5-12,21H,1-4H3/b19-12+. The van der Waals surface area contributed by atoms with E-state index in [9.17, 15) is 14.0 Å². The fourth-order valence-electron chi connectivity index (χ4n) is 3.76. The first-order valence-corrected chi connectivity index (χ1v) is 10.8. The first kappa shape index (κ1) is 22.5. The van der Waals surface area contributed by atoms with Crippen LogP contribution in [0, 0.1) is 5.82 Å². The molecule has 0 bridgehead atoms. The van der Waals surface area contributed by atoms with Crippen molar-refractivity contribution in [2.24, 2.45) is 4.99 Å². The Morgan fingerprint density at radius 3 is 2.52 bits per heavy atom. The summed E-state index contributed by atoms with van der Waals surface area (Å²) in [7, 11) is 4.30. The molecule has 0 saturated carbocycles. The Morgan fingerprint density at radius 1 is 1.12 bits per heavy atom. The van der Waals surface area contributed by atoms with Crippen molar-refractivity contribution in [1.82, 2.24) is 4.57 Å². The molecule has 0 N–H and O–H groups in total. The number of allylic oxidation sites excluding steroid dienone is 1. The number of rotatable bonds is 5. The van der Waals surface area contributed by atoms with Crippen LogP contribution in [-0.2, 0) is 9.53 Å². The molecule has 1 unspecified atom stereocenters. The van der Waals surface area contributed by atoms with E-state index in [1.807, 2.05) is 0 Å². The van der Waals surface area contributed by atoms with Gasteiger partial charge in [-0.1, -0.05) is 35.6 Å². The molecule has 2 heterocycles. The molecule has 3 aromatic rings. The molecule has 0 spiro atoms. The molecular weight excluding hydrogens is 447 g/mol. The average molecular weight is 469 g/mol. The molecule has 0 aliphatic carbocycles. The van der Waals surface area contributed by atoms with Crippen molar-refractivity contribution in [2.45, 2.75) is 13.0 Å². The lowest BCUT2D eigenvalue weighted by Crippen LogP contribution is -2.39. The van der Waals surface area contributed by atoms with Gasteiger partial charge in [-0.05, 0) is 36.8 Å². The van der Waals surface area contributed by atoms with Crippen LogP contribution in [0.2, 0.25) is 0 Å². The highest BCUT2D eigenvalue weighted by Gasteiger charge is 2.33. The number of hydrogen-bond donors (Lipinski definition) is 0. The second kappa shape index (κ2) is 9.03. The third kappa shape index (κ3) is 3.95. The fraction of sp³-hybridized carbons (Fsp3) is 0.208. The second-order valence-corrected chi connectivity index (χ2v) is 8.22. The molecule has 33 heavy (non-hydrogen) atoms. The van der Waals surface area contributed by atoms with Gasteiger partial charge in [0.25, 0.3) is 5.56 Å². The summed E-state index contributed by atoms with van der Waals surface area (Å²) < 4.78 is 31.7. The molecule has 1 atom stereocenters. The van der Waals surface area contributed by atoms with Crippen molar-refractivity contribution in [1.29, 1.82) is 0 Å². The number of ether oxygens (including phenoxy) is 3. The van der Waals surface area contributed by atoms with Gasteiger partial charge in [-0.25, -0.2) is 14.2 Å². The zero-order valence-electron chi connectivity index (χ0n) is 18.4. The molecule has 0 amide bonds. The molecule has 1 aliphatic rings. The van der Waals surface area contributed by atoms with Crippen LogP contribution in [0.4, 0.5) is 4.39 Å². The summed E-state index contributed by atoms with van der Waals surface area (Å²) in [5, 5.41) is 0. The van der Waals surface area contributed by atoms with E-state index >= 15 is 0 Å². The first-order valence-electron chi connectivity index (χ1n) is 9.97. The van der Waals surface area contributed by atoms with Crippen LogP contribution in [0.5, 0.6) is 11.5 Å². The Bertz CT molecular complexity index is 1450. The zero-order valence-corrected chi connectivity index (χ0v) is 19.2. The number of hydrogen-bond acceptors (Lipinski definition) is 7. The lowest BCUT2D eigenvalue weighted by atomic mass is 9.95. The minimum Gasteiger partial charge on any atom is -0.493 e. The third-order valence-corrected chi connectivity index (χ3v) is 6.33. The zero-order chi connectivity index (χ0) is 23.7. The molecule has 0 saturated heterocycles. The second-order valence-electron chi connectivity index (χ2n) is 7.21. The highest BCUT2D eigenvalue weighted by Crippen LogP contribution is 2.35. The van der Waals surface area contributed by atoms with Crippen molar-refractivity contribution in [2.75, 3.05) is 21.3 Å². The van der Waals surface area contributed by atoms with Crippen molar-refractivity contribution < 1.29 is 23.4 Å². The maximum absolute atomic E-state index is 14.2. The largest absolute Gasteiger partial charge is 0.493 e. The smallest absolute Gasteiger partial charge is 0.338 e. The number of carbonyl (C=O) groups excluding carboxylic acids is 1. The van der Waals surface area contributed by atoms with E-state index in [0.717, 1.165) is 11.3 Å². The van der Waals surface area contributed by atoms with Crippen LogP contribution < -0.4 is 24.4 Å². The number of fused-ring (bicyclic) bond motifs is 1. The Morgan fingerprint density at radius 2 is 1.85 bits per heavy atom. The SMILES string of the molecule is COC(=O)C1=C(C)N=c2s/c(=C/c3ccccc3F)c(=O)n2C1c1ccc(OC)c(OC)c1. The molecule has 7 nitrogen and oxygen atoms in total. The normalized spacial score (nSPS) is 15.7. The highest BCUT2D eigenvalue weighted by atomic mass is 32.1. The van der Waals surface area contributed by atoms with E-state index in [1.165, 1.54) is 38.0 Å². The van der Waals surface area contributed by atoms with Crippen LogP contribution in [0.15, 0.2) is 63.5 Å². The van der Waals surface area contributed by atoms with Gasteiger partial charge in [0.1, 0.15) is 5.82 Å². The van der Waals surface area contributed by atoms with Crippen molar-refractivity contribution in [3.8, 4) is 11.5 Å². The predicted octanol–water partition coefficient (Wildman–Crippen LogP) is 2.56. The quantitative estimate of drug-likeness (QED) is 0.538. The molecule has 170 valence electrons. The Kier molecular flexibility index (Phi) is 6.15. The van der Waals surface area contributed by atoms with Gasteiger partial charge in [-0.15, -0.1) is 0 Å². The van der Waals surface area contributed by atoms with Gasteiger partial charge in [-0.3, -0.25) is 9.36 Å².